The van der Waals surface area contributed by atoms with Crippen LogP contribution in [0, 0.1) is 0 Å². The molecule has 0 N–H and O–H groups in total. The predicted molar refractivity (Wildman–Crippen MR) is 111 cm³/mol. The van der Waals surface area contributed by atoms with Gasteiger partial charge in [-0.2, -0.15) is 0 Å². The fourth-order valence-electron chi connectivity index (χ4n) is 2.63. The highest BCUT2D eigenvalue weighted by Gasteiger charge is 2.36. The fraction of sp³-hybridized carbons (Fsp3) is 0.150. The number of methoxy groups -OCH3 is 2. The van der Waals surface area contributed by atoms with Crippen molar-refractivity contribution in [2.45, 2.75) is 0 Å². The Morgan fingerprint density at radius 2 is 1.79 bits per heavy atom. The van der Waals surface area contributed by atoms with E-state index in [4.69, 9.17) is 9.47 Å². The van der Waals surface area contributed by atoms with Gasteiger partial charge in [0.2, 0.25) is 0 Å². The Hall–Kier alpha value is -2.58. The number of rotatable bonds is 6. The molecule has 0 unspecified atom stereocenters. The van der Waals surface area contributed by atoms with Crippen molar-refractivity contribution in [3.63, 3.8) is 0 Å². The van der Waals surface area contributed by atoms with Crippen LogP contribution in [-0.2, 0) is 4.79 Å². The van der Waals surface area contributed by atoms with Gasteiger partial charge < -0.3 is 9.47 Å². The molecule has 8 heteroatoms. The van der Waals surface area contributed by atoms with Crippen LogP contribution in [0.2, 0.25) is 0 Å². The maximum Gasteiger partial charge on any atom is 0.293 e. The molecule has 1 aliphatic rings. The average Bonchev–Trinajstić information content (AvgIpc) is 2.96. The highest BCUT2D eigenvalue weighted by molar-refractivity contribution is 9.10. The second kappa shape index (κ2) is 8.62. The lowest BCUT2D eigenvalue weighted by Gasteiger charge is -2.12. The molecule has 144 valence electrons. The maximum atomic E-state index is 12.7. The lowest BCUT2D eigenvalue weighted by molar-refractivity contribution is -0.122. The van der Waals surface area contributed by atoms with E-state index in [1.807, 2.05) is 0 Å². The lowest BCUT2D eigenvalue weighted by Crippen LogP contribution is -2.33. The van der Waals surface area contributed by atoms with E-state index in [9.17, 15) is 14.4 Å². The topological polar surface area (TPSA) is 72.9 Å². The Balaban J connectivity index is 1.85. The van der Waals surface area contributed by atoms with E-state index in [0.717, 1.165) is 16.7 Å². The molecule has 0 bridgehead atoms. The summed E-state index contributed by atoms with van der Waals surface area (Å²) in [5, 5.41) is -0.480. The Kier molecular flexibility index (Phi) is 6.21. The molecule has 1 saturated heterocycles. The van der Waals surface area contributed by atoms with Gasteiger partial charge in [-0.3, -0.25) is 19.3 Å². The van der Waals surface area contributed by atoms with Crippen molar-refractivity contribution in [3.05, 3.63) is 63.0 Å². The summed E-state index contributed by atoms with van der Waals surface area (Å²) < 4.78 is 11.3. The summed E-state index contributed by atoms with van der Waals surface area (Å²) in [5.41, 5.74) is 1.06. The molecule has 0 aliphatic carbocycles. The van der Waals surface area contributed by atoms with E-state index in [0.29, 0.717) is 27.1 Å². The first kappa shape index (κ1) is 20.2. The third kappa shape index (κ3) is 4.13. The average molecular weight is 462 g/mol. The Bertz CT molecular complexity index is 974. The fourth-order valence-corrected chi connectivity index (χ4v) is 3.98. The molecular weight excluding hydrogens is 446 g/mol. The molecule has 0 radical (unpaired) electrons. The minimum atomic E-state index is -0.506. The van der Waals surface area contributed by atoms with E-state index >= 15 is 0 Å². The second-order valence-electron chi connectivity index (χ2n) is 5.79. The molecule has 3 rings (SSSR count). The zero-order valence-electron chi connectivity index (χ0n) is 15.1. The molecule has 1 fully saturated rings. The minimum absolute atomic E-state index is 0.223. The quantitative estimate of drug-likeness (QED) is 0.469. The summed E-state index contributed by atoms with van der Waals surface area (Å²) in [7, 11) is 3.04. The van der Waals surface area contributed by atoms with Gasteiger partial charge in [-0.05, 0) is 39.8 Å². The van der Waals surface area contributed by atoms with E-state index in [2.05, 4.69) is 15.9 Å². The van der Waals surface area contributed by atoms with Gasteiger partial charge in [-0.1, -0.05) is 30.3 Å². The zero-order chi connectivity index (χ0) is 20.3. The van der Waals surface area contributed by atoms with Crippen LogP contribution in [0.3, 0.4) is 0 Å². The van der Waals surface area contributed by atoms with Crippen LogP contribution >= 0.6 is 27.7 Å². The number of imide groups is 1. The number of amides is 2. The van der Waals surface area contributed by atoms with Gasteiger partial charge in [0.15, 0.2) is 5.78 Å². The van der Waals surface area contributed by atoms with Gasteiger partial charge >= 0.3 is 0 Å². The summed E-state index contributed by atoms with van der Waals surface area (Å²) in [6, 6.07) is 12.0. The second-order valence-corrected chi connectivity index (χ2v) is 7.63. The van der Waals surface area contributed by atoms with Crippen LogP contribution in [0.25, 0.3) is 6.08 Å². The molecule has 1 aliphatic heterocycles. The number of thioether (sulfide) groups is 1. The lowest BCUT2D eigenvalue weighted by atomic mass is 10.1. The SMILES string of the molecule is COc1cc(OC)c(/C=C2/SC(=O)N(CC(=O)c3ccccc3)C2=O)cc1Br. The first-order chi connectivity index (χ1) is 13.4. The molecular formula is C20H16BrNO5S. The monoisotopic (exact) mass is 461 g/mol. The number of nitrogens with zero attached hydrogens (tertiary/aromatic N) is 1. The Morgan fingerprint density at radius 1 is 1.11 bits per heavy atom. The Morgan fingerprint density at radius 3 is 2.43 bits per heavy atom. The summed E-state index contributed by atoms with van der Waals surface area (Å²) in [6.45, 7) is -0.296. The molecule has 2 amide bonds. The molecule has 28 heavy (non-hydrogen) atoms. The van der Waals surface area contributed by atoms with Crippen molar-refractivity contribution < 1.29 is 23.9 Å². The van der Waals surface area contributed by atoms with Gasteiger partial charge in [0, 0.05) is 17.2 Å². The maximum absolute atomic E-state index is 12.7. The molecule has 0 atom stereocenters. The van der Waals surface area contributed by atoms with Crippen LogP contribution in [0.5, 0.6) is 11.5 Å². The molecule has 1 heterocycles. The van der Waals surface area contributed by atoms with Crippen molar-refractivity contribution in [2.24, 2.45) is 0 Å². The predicted octanol–water partition coefficient (Wildman–Crippen LogP) is 4.39. The first-order valence-corrected chi connectivity index (χ1v) is 9.80. The number of hydrogen-bond donors (Lipinski definition) is 0. The molecule has 0 saturated carbocycles. The third-order valence-corrected chi connectivity index (χ3v) is 5.59. The van der Waals surface area contributed by atoms with E-state index < -0.39 is 11.1 Å². The van der Waals surface area contributed by atoms with Crippen molar-refractivity contribution in [3.8, 4) is 11.5 Å². The number of benzene rings is 2. The van der Waals surface area contributed by atoms with Crippen molar-refractivity contribution >= 4 is 50.7 Å². The van der Waals surface area contributed by atoms with Crippen molar-refractivity contribution in [1.82, 2.24) is 4.90 Å². The minimum Gasteiger partial charge on any atom is -0.496 e. The molecule has 6 nitrogen and oxygen atoms in total. The highest BCUT2D eigenvalue weighted by Crippen LogP contribution is 2.37. The van der Waals surface area contributed by atoms with Crippen LogP contribution in [0.1, 0.15) is 15.9 Å². The van der Waals surface area contributed by atoms with E-state index in [1.165, 1.54) is 14.2 Å². The third-order valence-electron chi connectivity index (χ3n) is 4.06. The van der Waals surface area contributed by atoms with Crippen LogP contribution < -0.4 is 9.47 Å². The normalized spacial score (nSPS) is 15.2. The first-order valence-electron chi connectivity index (χ1n) is 8.19. The van der Waals surface area contributed by atoms with Crippen molar-refractivity contribution in [2.75, 3.05) is 20.8 Å². The summed E-state index contributed by atoms with van der Waals surface area (Å²) in [5.74, 6) is 0.268. The van der Waals surface area contributed by atoms with Gasteiger partial charge in [-0.25, -0.2) is 0 Å². The zero-order valence-corrected chi connectivity index (χ0v) is 17.5. The van der Waals surface area contributed by atoms with E-state index in [1.54, 1.807) is 48.5 Å². The number of Topliss-reactive ketones (excluding diaryl/α,β-unsaturated/α-hetero) is 1. The smallest absolute Gasteiger partial charge is 0.293 e. The summed E-state index contributed by atoms with van der Waals surface area (Å²) >= 11 is 4.19. The number of carbonyl (C=O) groups is 3. The van der Waals surface area contributed by atoms with Crippen molar-refractivity contribution in [1.29, 1.82) is 0 Å². The largest absolute Gasteiger partial charge is 0.496 e. The van der Waals surface area contributed by atoms with Crippen LogP contribution in [0.4, 0.5) is 4.79 Å². The van der Waals surface area contributed by atoms with E-state index in [-0.39, 0.29) is 17.2 Å². The standard InChI is InChI=1S/C20H16BrNO5S/c1-26-16-10-17(27-2)14(21)8-13(16)9-18-19(24)22(20(25)28-18)11-15(23)12-6-4-3-5-7-12/h3-10H,11H2,1-2H3/b18-9+. The summed E-state index contributed by atoms with van der Waals surface area (Å²) in [4.78, 5) is 38.5. The van der Waals surface area contributed by atoms with Gasteiger partial charge in [-0.15, -0.1) is 0 Å². The molecule has 2 aromatic rings. The molecule has 0 spiro atoms. The van der Waals surface area contributed by atoms with Crippen LogP contribution in [-0.4, -0.2) is 42.6 Å². The number of halogens is 1. The number of carbonyl (C=O) groups excluding carboxylic acids is 3. The van der Waals surface area contributed by atoms with Gasteiger partial charge in [0.05, 0.1) is 30.1 Å². The Labute approximate surface area is 174 Å². The highest BCUT2D eigenvalue weighted by atomic mass is 79.9. The number of ether oxygens (including phenoxy) is 2. The number of ketones is 1. The number of hydrogen-bond acceptors (Lipinski definition) is 6. The molecule has 0 aromatic heterocycles. The summed E-state index contributed by atoms with van der Waals surface area (Å²) in [6.07, 6.45) is 1.57. The van der Waals surface area contributed by atoms with Crippen LogP contribution in [0.15, 0.2) is 51.8 Å². The molecule has 2 aromatic carbocycles. The van der Waals surface area contributed by atoms with Gasteiger partial charge in [0.1, 0.15) is 11.5 Å². The van der Waals surface area contributed by atoms with Gasteiger partial charge in [0.25, 0.3) is 11.1 Å².